The van der Waals surface area contributed by atoms with E-state index in [0.29, 0.717) is 13.0 Å². The van der Waals surface area contributed by atoms with Crippen molar-refractivity contribution in [1.29, 1.82) is 0 Å². The van der Waals surface area contributed by atoms with Crippen molar-refractivity contribution in [2.75, 3.05) is 13.7 Å². The summed E-state index contributed by atoms with van der Waals surface area (Å²) in [7, 11) is 1.43. The fraction of sp³-hybridized carbons (Fsp3) is 0.400. The molecule has 0 aliphatic carbocycles. The third kappa shape index (κ3) is 3.66. The number of nitrogens with two attached hydrogens (primary N) is 2. The number of hydrogen-bond donors (Lipinski definition) is 2. The zero-order chi connectivity index (χ0) is 10.6. The van der Waals surface area contributed by atoms with Crippen LogP contribution in [0.15, 0.2) is 18.2 Å². The van der Waals surface area contributed by atoms with Crippen molar-refractivity contribution in [3.8, 4) is 5.75 Å². The van der Waals surface area contributed by atoms with Crippen LogP contribution in [0.5, 0.6) is 5.75 Å². The first-order chi connectivity index (χ1) is 6.69. The number of rotatable bonds is 4. The van der Waals surface area contributed by atoms with Gasteiger partial charge in [0.2, 0.25) is 0 Å². The Hall–Kier alpha value is -0.840. The molecule has 1 rings (SSSR count). The second kappa shape index (κ2) is 6.61. The van der Waals surface area contributed by atoms with Crippen molar-refractivity contribution in [1.82, 2.24) is 0 Å². The molecule has 0 aromatic heterocycles. The largest absolute Gasteiger partial charge is 0.494 e. The first kappa shape index (κ1) is 14.2. The summed E-state index contributed by atoms with van der Waals surface area (Å²) >= 11 is 0. The predicted molar refractivity (Wildman–Crippen MR) is 60.8 cm³/mol. The van der Waals surface area contributed by atoms with Crippen molar-refractivity contribution >= 4 is 12.4 Å². The van der Waals surface area contributed by atoms with E-state index in [4.69, 9.17) is 16.2 Å². The van der Waals surface area contributed by atoms with Crippen LogP contribution in [0.2, 0.25) is 0 Å². The minimum Gasteiger partial charge on any atom is -0.494 e. The van der Waals surface area contributed by atoms with E-state index in [1.54, 1.807) is 12.1 Å². The lowest BCUT2D eigenvalue weighted by Gasteiger charge is -2.12. The molecule has 15 heavy (non-hydrogen) atoms. The minimum absolute atomic E-state index is 0. The molecule has 0 unspecified atom stereocenters. The molecule has 0 saturated carbocycles. The van der Waals surface area contributed by atoms with Gasteiger partial charge in [0.1, 0.15) is 0 Å². The van der Waals surface area contributed by atoms with Gasteiger partial charge in [-0.15, -0.1) is 12.4 Å². The van der Waals surface area contributed by atoms with Gasteiger partial charge in [0.25, 0.3) is 0 Å². The molecule has 4 N–H and O–H groups in total. The molecule has 86 valence electrons. The van der Waals surface area contributed by atoms with E-state index in [0.717, 1.165) is 5.56 Å². The van der Waals surface area contributed by atoms with E-state index in [2.05, 4.69) is 0 Å². The van der Waals surface area contributed by atoms with Crippen LogP contribution in [0.4, 0.5) is 4.39 Å². The summed E-state index contributed by atoms with van der Waals surface area (Å²) in [5.41, 5.74) is 12.0. The molecule has 0 aliphatic heterocycles. The molecular weight excluding hydrogens is 219 g/mol. The average molecular weight is 235 g/mol. The van der Waals surface area contributed by atoms with Gasteiger partial charge in [-0.2, -0.15) is 0 Å². The van der Waals surface area contributed by atoms with Crippen LogP contribution in [0.25, 0.3) is 0 Å². The molecule has 0 saturated heterocycles. The quantitative estimate of drug-likeness (QED) is 0.832. The van der Waals surface area contributed by atoms with E-state index >= 15 is 0 Å². The Morgan fingerprint density at radius 3 is 2.67 bits per heavy atom. The first-order valence-corrected chi connectivity index (χ1v) is 4.48. The molecule has 0 heterocycles. The highest BCUT2D eigenvalue weighted by atomic mass is 35.5. The molecular formula is C10H16ClFN2O. The molecule has 1 aromatic carbocycles. The molecule has 0 radical (unpaired) electrons. The van der Waals surface area contributed by atoms with Crippen LogP contribution in [0.1, 0.15) is 18.0 Å². The minimum atomic E-state index is -0.379. The third-order valence-electron chi connectivity index (χ3n) is 2.08. The van der Waals surface area contributed by atoms with Gasteiger partial charge in [0.05, 0.1) is 7.11 Å². The van der Waals surface area contributed by atoms with E-state index in [-0.39, 0.29) is 30.0 Å². The second-order valence-corrected chi connectivity index (χ2v) is 3.08. The molecule has 0 spiro atoms. The smallest absolute Gasteiger partial charge is 0.165 e. The van der Waals surface area contributed by atoms with Crippen LogP contribution in [0.3, 0.4) is 0 Å². The van der Waals surface area contributed by atoms with Crippen LogP contribution >= 0.6 is 12.4 Å². The Morgan fingerprint density at radius 1 is 1.47 bits per heavy atom. The van der Waals surface area contributed by atoms with Crippen molar-refractivity contribution in [3.63, 3.8) is 0 Å². The fourth-order valence-corrected chi connectivity index (χ4v) is 1.25. The number of ether oxygens (including phenoxy) is 1. The molecule has 5 heteroatoms. The highest BCUT2D eigenvalue weighted by Crippen LogP contribution is 2.22. The summed E-state index contributed by atoms with van der Waals surface area (Å²) in [5, 5.41) is 0. The number of methoxy groups -OCH3 is 1. The van der Waals surface area contributed by atoms with Crippen LogP contribution in [-0.2, 0) is 0 Å². The lowest BCUT2D eigenvalue weighted by Crippen LogP contribution is -2.15. The Morgan fingerprint density at radius 2 is 2.13 bits per heavy atom. The molecule has 0 bridgehead atoms. The summed E-state index contributed by atoms with van der Waals surface area (Å²) in [6.07, 6.45) is 0.675. The lowest BCUT2D eigenvalue weighted by atomic mass is 10.0. The predicted octanol–water partition coefficient (Wildman–Crippen LogP) is 1.60. The Kier molecular flexibility index (Phi) is 6.24. The zero-order valence-electron chi connectivity index (χ0n) is 8.57. The van der Waals surface area contributed by atoms with Gasteiger partial charge in [0, 0.05) is 6.04 Å². The summed E-state index contributed by atoms with van der Waals surface area (Å²) < 4.78 is 17.9. The maximum atomic E-state index is 13.0. The van der Waals surface area contributed by atoms with Gasteiger partial charge in [-0.1, -0.05) is 6.07 Å². The first-order valence-electron chi connectivity index (χ1n) is 4.48. The summed E-state index contributed by atoms with van der Waals surface area (Å²) in [4.78, 5) is 0. The van der Waals surface area contributed by atoms with Crippen LogP contribution in [-0.4, -0.2) is 13.7 Å². The summed E-state index contributed by atoms with van der Waals surface area (Å²) in [6, 6.07) is 4.45. The van der Waals surface area contributed by atoms with E-state index in [1.807, 2.05) is 0 Å². The molecule has 1 atom stereocenters. The van der Waals surface area contributed by atoms with Crippen molar-refractivity contribution in [3.05, 3.63) is 29.6 Å². The Bertz CT molecular complexity index is 309. The highest BCUT2D eigenvalue weighted by Gasteiger charge is 2.08. The molecule has 3 nitrogen and oxygen atoms in total. The standard InChI is InChI=1S/C10H15FN2O.ClH/c1-14-10-6-7(2-3-8(10)11)9(13)4-5-12;/h2-3,6,9H,4-5,12-13H2,1H3;1H/t9-;/m0./s1. The highest BCUT2D eigenvalue weighted by molar-refractivity contribution is 5.85. The Balaban J connectivity index is 0.00000196. The maximum absolute atomic E-state index is 13.0. The zero-order valence-corrected chi connectivity index (χ0v) is 9.39. The maximum Gasteiger partial charge on any atom is 0.165 e. The van der Waals surface area contributed by atoms with Crippen molar-refractivity contribution in [2.45, 2.75) is 12.5 Å². The van der Waals surface area contributed by atoms with Crippen LogP contribution in [0, 0.1) is 5.82 Å². The monoisotopic (exact) mass is 234 g/mol. The van der Waals surface area contributed by atoms with Gasteiger partial charge in [-0.25, -0.2) is 4.39 Å². The average Bonchev–Trinajstić information content (AvgIpc) is 2.19. The van der Waals surface area contributed by atoms with Gasteiger partial charge in [0.15, 0.2) is 11.6 Å². The molecule has 0 amide bonds. The molecule has 0 fully saturated rings. The van der Waals surface area contributed by atoms with Gasteiger partial charge >= 0.3 is 0 Å². The topological polar surface area (TPSA) is 61.3 Å². The van der Waals surface area contributed by atoms with E-state index in [1.165, 1.54) is 13.2 Å². The van der Waals surface area contributed by atoms with E-state index in [9.17, 15) is 4.39 Å². The van der Waals surface area contributed by atoms with Crippen LogP contribution < -0.4 is 16.2 Å². The second-order valence-electron chi connectivity index (χ2n) is 3.08. The van der Waals surface area contributed by atoms with Crippen molar-refractivity contribution in [2.24, 2.45) is 11.5 Å². The van der Waals surface area contributed by atoms with E-state index < -0.39 is 0 Å². The normalized spacial score (nSPS) is 11.7. The number of hydrogen-bond acceptors (Lipinski definition) is 3. The summed E-state index contributed by atoms with van der Waals surface area (Å²) in [6.45, 7) is 0.515. The van der Waals surface area contributed by atoms with Gasteiger partial charge in [-0.3, -0.25) is 0 Å². The van der Waals surface area contributed by atoms with Crippen molar-refractivity contribution < 1.29 is 9.13 Å². The summed E-state index contributed by atoms with van der Waals surface area (Å²) in [5.74, 6) is -0.161. The fourth-order valence-electron chi connectivity index (χ4n) is 1.25. The number of benzene rings is 1. The molecule has 1 aromatic rings. The van der Waals surface area contributed by atoms with Gasteiger partial charge in [-0.05, 0) is 30.7 Å². The SMILES string of the molecule is COc1cc([C@@H](N)CCN)ccc1F.Cl. The lowest BCUT2D eigenvalue weighted by molar-refractivity contribution is 0.385. The molecule has 0 aliphatic rings. The Labute approximate surface area is 95.0 Å². The number of halogens is 2. The van der Waals surface area contributed by atoms with Gasteiger partial charge < -0.3 is 16.2 Å². The third-order valence-corrected chi connectivity index (χ3v) is 2.08.